The second-order valence-corrected chi connectivity index (χ2v) is 6.02. The van der Waals surface area contributed by atoms with Crippen molar-refractivity contribution < 1.29 is 9.15 Å². The number of hydrogen-bond donors (Lipinski definition) is 1. The Kier molecular flexibility index (Phi) is 7.70. The van der Waals surface area contributed by atoms with E-state index in [1.165, 1.54) is 0 Å². The average Bonchev–Trinajstić information content (AvgIpc) is 3.28. The Morgan fingerprint density at radius 2 is 2.16 bits per heavy atom. The van der Waals surface area contributed by atoms with Gasteiger partial charge in [-0.2, -0.15) is 0 Å². The Bertz CT molecular complexity index is 669. The molecular formula is C18H25IN4O2. The number of aromatic nitrogens is 1. The fraction of sp³-hybridized carbons (Fsp3) is 0.444. The van der Waals surface area contributed by atoms with Gasteiger partial charge in [0.2, 0.25) is 5.89 Å². The maximum atomic E-state index is 5.56. The molecule has 0 spiro atoms. The van der Waals surface area contributed by atoms with Gasteiger partial charge in [-0.3, -0.25) is 4.99 Å². The lowest BCUT2D eigenvalue weighted by molar-refractivity contribution is 0.181. The molecule has 25 heavy (non-hydrogen) atoms. The van der Waals surface area contributed by atoms with Gasteiger partial charge in [0.15, 0.2) is 5.96 Å². The third-order valence-corrected chi connectivity index (χ3v) is 4.13. The van der Waals surface area contributed by atoms with E-state index in [2.05, 4.69) is 20.2 Å². The minimum atomic E-state index is 0. The van der Waals surface area contributed by atoms with Gasteiger partial charge >= 0.3 is 0 Å². The van der Waals surface area contributed by atoms with E-state index in [1.807, 2.05) is 37.4 Å². The van der Waals surface area contributed by atoms with Crippen LogP contribution in [0.3, 0.4) is 0 Å². The summed E-state index contributed by atoms with van der Waals surface area (Å²) < 4.78 is 11.0. The van der Waals surface area contributed by atoms with Gasteiger partial charge in [-0.05, 0) is 18.6 Å². The minimum Gasteiger partial charge on any atom is -0.444 e. The van der Waals surface area contributed by atoms with Crippen LogP contribution < -0.4 is 5.32 Å². The molecule has 2 heterocycles. The quantitative estimate of drug-likeness (QED) is 0.426. The summed E-state index contributed by atoms with van der Waals surface area (Å²) in [6, 6.07) is 9.89. The maximum Gasteiger partial charge on any atom is 0.226 e. The first-order valence-electron chi connectivity index (χ1n) is 8.25. The molecule has 1 fully saturated rings. The van der Waals surface area contributed by atoms with Crippen molar-refractivity contribution in [1.29, 1.82) is 0 Å². The number of oxazole rings is 1. The lowest BCUT2D eigenvalue weighted by Crippen LogP contribution is -2.41. The number of halogens is 1. The van der Waals surface area contributed by atoms with Gasteiger partial charge in [-0.25, -0.2) is 4.98 Å². The number of guanidine groups is 1. The largest absolute Gasteiger partial charge is 0.444 e. The molecule has 0 amide bonds. The first-order valence-corrected chi connectivity index (χ1v) is 8.25. The molecule has 0 saturated carbocycles. The van der Waals surface area contributed by atoms with E-state index in [9.17, 15) is 0 Å². The van der Waals surface area contributed by atoms with Crippen LogP contribution in [0.1, 0.15) is 12.1 Å². The zero-order valence-corrected chi connectivity index (χ0v) is 17.0. The summed E-state index contributed by atoms with van der Waals surface area (Å²) in [7, 11) is 3.84. The summed E-state index contributed by atoms with van der Waals surface area (Å²) in [5.41, 5.74) is 1.83. The van der Waals surface area contributed by atoms with Gasteiger partial charge in [0.05, 0.1) is 18.8 Å². The maximum absolute atomic E-state index is 5.56. The summed E-state index contributed by atoms with van der Waals surface area (Å²) in [5.74, 6) is 2.07. The molecule has 1 aromatic carbocycles. The Balaban J connectivity index is 0.00000225. The van der Waals surface area contributed by atoms with Crippen LogP contribution in [0.25, 0.3) is 11.5 Å². The summed E-state index contributed by atoms with van der Waals surface area (Å²) >= 11 is 0. The zero-order valence-electron chi connectivity index (χ0n) is 14.6. The van der Waals surface area contributed by atoms with Crippen molar-refractivity contribution in [3.05, 3.63) is 42.3 Å². The molecule has 6 nitrogen and oxygen atoms in total. The monoisotopic (exact) mass is 456 g/mol. The molecule has 0 aliphatic carbocycles. The van der Waals surface area contributed by atoms with Gasteiger partial charge in [0.25, 0.3) is 0 Å². The van der Waals surface area contributed by atoms with Gasteiger partial charge in [0, 0.05) is 38.7 Å². The fourth-order valence-corrected chi connectivity index (χ4v) is 2.86. The summed E-state index contributed by atoms with van der Waals surface area (Å²) in [5, 5.41) is 3.34. The smallest absolute Gasteiger partial charge is 0.226 e. The van der Waals surface area contributed by atoms with Crippen molar-refractivity contribution in [3.8, 4) is 11.5 Å². The van der Waals surface area contributed by atoms with Crippen molar-refractivity contribution in [2.24, 2.45) is 10.9 Å². The second-order valence-electron chi connectivity index (χ2n) is 6.02. The predicted octanol–water partition coefficient (Wildman–Crippen LogP) is 3.00. The van der Waals surface area contributed by atoms with Gasteiger partial charge in [-0.1, -0.05) is 18.2 Å². The third-order valence-electron chi connectivity index (χ3n) is 4.13. The van der Waals surface area contributed by atoms with E-state index in [0.29, 0.717) is 18.4 Å². The van der Waals surface area contributed by atoms with Crippen LogP contribution in [0.15, 0.2) is 46.0 Å². The molecule has 1 aromatic heterocycles. The molecule has 1 atom stereocenters. The number of nitrogens with one attached hydrogen (secondary N) is 1. The highest BCUT2D eigenvalue weighted by Crippen LogP contribution is 2.18. The molecule has 3 rings (SSSR count). The summed E-state index contributed by atoms with van der Waals surface area (Å²) in [6.07, 6.45) is 2.80. The topological polar surface area (TPSA) is 62.9 Å². The Morgan fingerprint density at radius 1 is 1.36 bits per heavy atom. The van der Waals surface area contributed by atoms with Crippen LogP contribution in [0, 0.1) is 5.92 Å². The Morgan fingerprint density at radius 3 is 2.84 bits per heavy atom. The number of rotatable bonds is 5. The standard InChI is InChI=1S/C18H24N4O2.HI/c1-19-18(22(2)11-14-8-9-23-12-14)20-10-16-13-24-17(21-16)15-6-4-3-5-7-15;/h3-7,13-14H,8-12H2,1-2H3,(H,19,20);1H. The highest BCUT2D eigenvalue weighted by molar-refractivity contribution is 14.0. The van der Waals surface area contributed by atoms with E-state index in [1.54, 1.807) is 13.3 Å². The molecule has 1 unspecified atom stereocenters. The zero-order chi connectivity index (χ0) is 16.8. The molecule has 0 bridgehead atoms. The number of hydrogen-bond acceptors (Lipinski definition) is 4. The molecule has 1 aliphatic heterocycles. The van der Waals surface area contributed by atoms with Gasteiger partial charge < -0.3 is 19.4 Å². The highest BCUT2D eigenvalue weighted by Gasteiger charge is 2.19. The van der Waals surface area contributed by atoms with E-state index in [4.69, 9.17) is 9.15 Å². The first kappa shape index (κ1) is 19.7. The van der Waals surface area contributed by atoms with Crippen LogP contribution in [0.4, 0.5) is 0 Å². The molecule has 1 N–H and O–H groups in total. The van der Waals surface area contributed by atoms with Crippen LogP contribution in [-0.4, -0.2) is 49.7 Å². The molecule has 0 radical (unpaired) electrons. The van der Waals surface area contributed by atoms with Crippen molar-refractivity contribution in [2.45, 2.75) is 13.0 Å². The first-order chi connectivity index (χ1) is 11.8. The average molecular weight is 456 g/mol. The molecule has 136 valence electrons. The number of aliphatic imine (C=N–C) groups is 1. The van der Waals surface area contributed by atoms with Crippen molar-refractivity contribution in [1.82, 2.24) is 15.2 Å². The lowest BCUT2D eigenvalue weighted by Gasteiger charge is -2.24. The molecule has 7 heteroatoms. The number of nitrogens with zero attached hydrogens (tertiary/aromatic N) is 3. The van der Waals surface area contributed by atoms with Gasteiger partial charge in [0.1, 0.15) is 6.26 Å². The predicted molar refractivity (Wildman–Crippen MR) is 109 cm³/mol. The van der Waals surface area contributed by atoms with Crippen LogP contribution in [-0.2, 0) is 11.3 Å². The van der Waals surface area contributed by atoms with Gasteiger partial charge in [-0.15, -0.1) is 24.0 Å². The van der Waals surface area contributed by atoms with E-state index < -0.39 is 0 Å². The minimum absolute atomic E-state index is 0. The van der Waals surface area contributed by atoms with Crippen LogP contribution >= 0.6 is 24.0 Å². The third kappa shape index (κ3) is 5.43. The second kappa shape index (κ2) is 9.76. The number of benzene rings is 1. The van der Waals surface area contributed by atoms with E-state index in [-0.39, 0.29) is 24.0 Å². The van der Waals surface area contributed by atoms with E-state index >= 15 is 0 Å². The van der Waals surface area contributed by atoms with Crippen LogP contribution in [0.5, 0.6) is 0 Å². The highest BCUT2D eigenvalue weighted by atomic mass is 127. The van der Waals surface area contributed by atoms with Crippen LogP contribution in [0.2, 0.25) is 0 Å². The summed E-state index contributed by atoms with van der Waals surface area (Å²) in [6.45, 7) is 3.22. The Hall–Kier alpha value is -1.61. The van der Waals surface area contributed by atoms with E-state index in [0.717, 1.165) is 43.4 Å². The van der Waals surface area contributed by atoms with Crippen molar-refractivity contribution >= 4 is 29.9 Å². The molecular weight excluding hydrogens is 431 g/mol. The summed E-state index contributed by atoms with van der Waals surface area (Å²) in [4.78, 5) is 11.0. The van der Waals surface area contributed by atoms with Crippen molar-refractivity contribution in [2.75, 3.05) is 33.9 Å². The fourth-order valence-electron chi connectivity index (χ4n) is 2.86. The number of ether oxygens (including phenoxy) is 1. The molecule has 2 aromatic rings. The Labute approximate surface area is 165 Å². The lowest BCUT2D eigenvalue weighted by atomic mass is 10.1. The molecule has 1 aliphatic rings. The van der Waals surface area contributed by atoms with Crippen molar-refractivity contribution in [3.63, 3.8) is 0 Å². The molecule has 1 saturated heterocycles. The normalized spacial score (nSPS) is 17.2. The SMILES string of the molecule is CN=C(NCc1coc(-c2ccccc2)n1)N(C)CC1CCOC1.I.